The van der Waals surface area contributed by atoms with E-state index in [4.69, 9.17) is 4.52 Å². The van der Waals surface area contributed by atoms with Gasteiger partial charge in [-0.2, -0.15) is 4.98 Å². The Balaban J connectivity index is 1.72. The molecule has 0 spiro atoms. The summed E-state index contributed by atoms with van der Waals surface area (Å²) in [6.07, 6.45) is 2.00. The fraction of sp³-hybridized carbons (Fsp3) is 0.333. The van der Waals surface area contributed by atoms with Crippen LogP contribution in [0.1, 0.15) is 11.5 Å². The van der Waals surface area contributed by atoms with Crippen LogP contribution in [0.15, 0.2) is 22.3 Å². The largest absolute Gasteiger partial charge is 0.340 e. The van der Waals surface area contributed by atoms with Gasteiger partial charge >= 0.3 is 5.00 Å². The lowest BCUT2D eigenvalue weighted by atomic mass is 10.3. The molecule has 0 aliphatic rings. The van der Waals surface area contributed by atoms with Gasteiger partial charge in [0.15, 0.2) is 6.33 Å². The molecule has 7 nitrogen and oxygen atoms in total. The third kappa shape index (κ3) is 3.33. The standard InChI is InChI=1S/C9H10N4O3S/c14-13(15)9-3-7(5-17-9)4-10-2-1-8-11-6-12-16-8/h3,5-6,10H,1-2,4H2. The maximum atomic E-state index is 10.5. The summed E-state index contributed by atoms with van der Waals surface area (Å²) in [6.45, 7) is 1.28. The van der Waals surface area contributed by atoms with Gasteiger partial charge < -0.3 is 9.84 Å². The van der Waals surface area contributed by atoms with Crippen LogP contribution in [-0.4, -0.2) is 21.6 Å². The summed E-state index contributed by atoms with van der Waals surface area (Å²) in [5, 5.41) is 19.1. The first-order chi connectivity index (χ1) is 8.25. The Bertz CT molecular complexity index is 482. The van der Waals surface area contributed by atoms with Crippen molar-refractivity contribution in [2.45, 2.75) is 13.0 Å². The summed E-state index contributed by atoms with van der Waals surface area (Å²) >= 11 is 1.13. The minimum atomic E-state index is -0.382. The summed E-state index contributed by atoms with van der Waals surface area (Å²) < 4.78 is 4.83. The first kappa shape index (κ1) is 11.7. The Morgan fingerprint density at radius 2 is 2.47 bits per heavy atom. The summed E-state index contributed by atoms with van der Waals surface area (Å²) in [7, 11) is 0. The number of hydrogen-bond donors (Lipinski definition) is 1. The predicted octanol–water partition coefficient (Wildman–Crippen LogP) is 1.37. The van der Waals surface area contributed by atoms with E-state index in [0.29, 0.717) is 25.4 Å². The Morgan fingerprint density at radius 3 is 3.12 bits per heavy atom. The highest BCUT2D eigenvalue weighted by Gasteiger charge is 2.08. The third-order valence-electron chi connectivity index (χ3n) is 2.07. The zero-order valence-electron chi connectivity index (χ0n) is 8.83. The Labute approximate surface area is 101 Å². The molecule has 2 aromatic rings. The number of nitrogens with zero attached hydrogens (tertiary/aromatic N) is 3. The van der Waals surface area contributed by atoms with E-state index in [0.717, 1.165) is 16.9 Å². The molecule has 0 amide bonds. The zero-order valence-corrected chi connectivity index (χ0v) is 9.64. The smallest absolute Gasteiger partial charge is 0.324 e. The van der Waals surface area contributed by atoms with E-state index in [-0.39, 0.29) is 9.92 Å². The van der Waals surface area contributed by atoms with Crippen molar-refractivity contribution in [2.75, 3.05) is 6.54 Å². The molecule has 0 bridgehead atoms. The van der Waals surface area contributed by atoms with E-state index in [1.165, 1.54) is 6.33 Å². The number of nitro groups is 1. The molecule has 0 aliphatic carbocycles. The molecule has 90 valence electrons. The summed E-state index contributed by atoms with van der Waals surface area (Å²) in [5.74, 6) is 0.578. The average Bonchev–Trinajstić information content (AvgIpc) is 2.96. The highest BCUT2D eigenvalue weighted by molar-refractivity contribution is 7.13. The summed E-state index contributed by atoms with van der Waals surface area (Å²) in [5.41, 5.74) is 0.909. The molecule has 17 heavy (non-hydrogen) atoms. The second kappa shape index (κ2) is 5.51. The number of nitrogens with one attached hydrogen (secondary N) is 1. The second-order valence-electron chi connectivity index (χ2n) is 3.31. The zero-order chi connectivity index (χ0) is 12.1. The molecule has 0 fully saturated rings. The lowest BCUT2D eigenvalue weighted by molar-refractivity contribution is -0.380. The van der Waals surface area contributed by atoms with Crippen LogP contribution in [0, 0.1) is 10.1 Å². The van der Waals surface area contributed by atoms with Gasteiger partial charge in [-0.3, -0.25) is 10.1 Å². The van der Waals surface area contributed by atoms with Crippen molar-refractivity contribution in [1.29, 1.82) is 0 Å². The van der Waals surface area contributed by atoms with E-state index in [1.54, 1.807) is 11.4 Å². The SMILES string of the molecule is O=[N+]([O-])c1cc(CNCCc2ncno2)cs1. The van der Waals surface area contributed by atoms with Crippen molar-refractivity contribution in [3.63, 3.8) is 0 Å². The van der Waals surface area contributed by atoms with Crippen molar-refractivity contribution in [1.82, 2.24) is 15.5 Å². The molecule has 0 radical (unpaired) electrons. The van der Waals surface area contributed by atoms with E-state index in [9.17, 15) is 10.1 Å². The van der Waals surface area contributed by atoms with Crippen LogP contribution in [0.5, 0.6) is 0 Å². The van der Waals surface area contributed by atoms with Crippen LogP contribution in [0.25, 0.3) is 0 Å². The lowest BCUT2D eigenvalue weighted by Crippen LogP contribution is -2.16. The molecule has 1 N–H and O–H groups in total. The van der Waals surface area contributed by atoms with Gasteiger partial charge in [-0.15, -0.1) is 0 Å². The molecule has 0 aliphatic heterocycles. The van der Waals surface area contributed by atoms with E-state index < -0.39 is 0 Å². The van der Waals surface area contributed by atoms with Gasteiger partial charge in [-0.1, -0.05) is 16.5 Å². The van der Waals surface area contributed by atoms with Crippen LogP contribution >= 0.6 is 11.3 Å². The summed E-state index contributed by atoms with van der Waals surface area (Å²) in [4.78, 5) is 14.0. The Morgan fingerprint density at radius 1 is 1.59 bits per heavy atom. The van der Waals surface area contributed by atoms with Crippen LogP contribution in [-0.2, 0) is 13.0 Å². The van der Waals surface area contributed by atoms with Crippen molar-refractivity contribution in [2.24, 2.45) is 0 Å². The molecule has 0 aromatic carbocycles. The molecular weight excluding hydrogens is 244 g/mol. The maximum Gasteiger partial charge on any atom is 0.324 e. The molecule has 0 saturated heterocycles. The molecule has 2 rings (SSSR count). The van der Waals surface area contributed by atoms with E-state index in [2.05, 4.69) is 15.5 Å². The molecule has 8 heteroatoms. The van der Waals surface area contributed by atoms with Crippen molar-refractivity contribution < 1.29 is 9.45 Å². The topological polar surface area (TPSA) is 94.1 Å². The monoisotopic (exact) mass is 254 g/mol. The van der Waals surface area contributed by atoms with E-state index >= 15 is 0 Å². The summed E-state index contributed by atoms with van der Waals surface area (Å²) in [6, 6.07) is 1.57. The van der Waals surface area contributed by atoms with E-state index in [1.807, 2.05) is 0 Å². The van der Waals surface area contributed by atoms with Crippen LogP contribution in [0.3, 0.4) is 0 Å². The number of hydrogen-bond acceptors (Lipinski definition) is 7. The van der Waals surface area contributed by atoms with Gasteiger partial charge in [-0.05, 0) is 5.56 Å². The first-order valence-electron chi connectivity index (χ1n) is 4.94. The van der Waals surface area contributed by atoms with Gasteiger partial charge in [0.2, 0.25) is 5.89 Å². The van der Waals surface area contributed by atoms with Crippen LogP contribution < -0.4 is 5.32 Å². The lowest BCUT2D eigenvalue weighted by Gasteiger charge is -1.99. The fourth-order valence-corrected chi connectivity index (χ4v) is 2.01. The maximum absolute atomic E-state index is 10.5. The molecule has 2 heterocycles. The van der Waals surface area contributed by atoms with Gasteiger partial charge in [0, 0.05) is 31.0 Å². The molecule has 0 saturated carbocycles. The molecule has 0 atom stereocenters. The number of aromatic nitrogens is 2. The average molecular weight is 254 g/mol. The quantitative estimate of drug-likeness (QED) is 0.475. The minimum absolute atomic E-state index is 0.165. The van der Waals surface area contributed by atoms with Crippen molar-refractivity contribution >= 4 is 16.3 Å². The Kier molecular flexibility index (Phi) is 3.78. The highest BCUT2D eigenvalue weighted by Crippen LogP contribution is 2.22. The van der Waals surface area contributed by atoms with Gasteiger partial charge in [-0.25, -0.2) is 0 Å². The fourth-order valence-electron chi connectivity index (χ4n) is 1.29. The number of rotatable bonds is 6. The third-order valence-corrected chi connectivity index (χ3v) is 3.00. The highest BCUT2D eigenvalue weighted by atomic mass is 32.1. The van der Waals surface area contributed by atoms with Crippen molar-refractivity contribution in [3.8, 4) is 0 Å². The number of thiophene rings is 1. The van der Waals surface area contributed by atoms with Crippen molar-refractivity contribution in [3.05, 3.63) is 39.3 Å². The van der Waals surface area contributed by atoms with Crippen LogP contribution in [0.4, 0.5) is 5.00 Å². The Hall–Kier alpha value is -1.80. The van der Waals surface area contributed by atoms with Gasteiger partial charge in [0.1, 0.15) is 0 Å². The first-order valence-corrected chi connectivity index (χ1v) is 5.82. The molecule has 0 unspecified atom stereocenters. The normalized spacial score (nSPS) is 10.6. The minimum Gasteiger partial charge on any atom is -0.340 e. The molecular formula is C9H10N4O3S. The van der Waals surface area contributed by atoms with Crippen LogP contribution in [0.2, 0.25) is 0 Å². The van der Waals surface area contributed by atoms with Gasteiger partial charge in [0.25, 0.3) is 0 Å². The second-order valence-corrected chi connectivity index (χ2v) is 4.20. The van der Waals surface area contributed by atoms with Gasteiger partial charge in [0.05, 0.1) is 4.92 Å². The molecule has 2 aromatic heterocycles. The predicted molar refractivity (Wildman–Crippen MR) is 60.7 cm³/mol.